The minimum absolute atomic E-state index is 0.260. The molecular formula is C54H58Cl2N12O2. The molecule has 0 amide bonds. The van der Waals surface area contributed by atoms with Crippen LogP contribution in [0.3, 0.4) is 0 Å². The lowest BCUT2D eigenvalue weighted by atomic mass is 9.82. The molecule has 70 heavy (non-hydrogen) atoms. The van der Waals surface area contributed by atoms with Gasteiger partial charge in [-0.15, -0.1) is 0 Å². The normalized spacial score (nSPS) is 14.9. The number of anilines is 6. The number of imidazole rings is 2. The molecule has 16 heteroatoms. The molecule has 0 bridgehead atoms. The van der Waals surface area contributed by atoms with Gasteiger partial charge in [0.05, 0.1) is 37.0 Å². The van der Waals surface area contributed by atoms with Crippen LogP contribution in [0.2, 0.25) is 10.3 Å². The van der Waals surface area contributed by atoms with Crippen molar-refractivity contribution in [1.82, 2.24) is 39.0 Å². The molecule has 2 N–H and O–H groups in total. The smallest absolute Gasteiger partial charge is 0.229 e. The van der Waals surface area contributed by atoms with Gasteiger partial charge in [-0.1, -0.05) is 83.9 Å². The first-order valence-corrected chi connectivity index (χ1v) is 24.5. The molecule has 0 fully saturated rings. The van der Waals surface area contributed by atoms with Gasteiger partial charge in [-0.3, -0.25) is 0 Å². The number of hydrogen-bond donors (Lipinski definition) is 2. The largest absolute Gasteiger partial charge is 0.494 e. The molecule has 10 rings (SSSR count). The number of nitrogens with one attached hydrogen (secondary N) is 2. The molecule has 360 valence electrons. The molecule has 0 unspecified atom stereocenters. The van der Waals surface area contributed by atoms with E-state index in [9.17, 15) is 0 Å². The zero-order valence-corrected chi connectivity index (χ0v) is 41.9. The Balaban J connectivity index is 0.000000174. The second kappa shape index (κ2) is 21.6. The van der Waals surface area contributed by atoms with Crippen LogP contribution in [0.1, 0.15) is 85.0 Å². The number of methoxy groups -OCH3 is 2. The van der Waals surface area contributed by atoms with Crippen molar-refractivity contribution in [3.8, 4) is 22.9 Å². The van der Waals surface area contributed by atoms with Crippen molar-refractivity contribution in [2.24, 2.45) is 0 Å². The summed E-state index contributed by atoms with van der Waals surface area (Å²) in [7, 11) is 7.48. The Morgan fingerprint density at radius 2 is 1.00 bits per heavy atom. The van der Waals surface area contributed by atoms with Crippen LogP contribution in [0.15, 0.2) is 122 Å². The predicted molar refractivity (Wildman–Crippen MR) is 281 cm³/mol. The van der Waals surface area contributed by atoms with Gasteiger partial charge in [-0.05, 0) is 87.8 Å². The molecule has 0 aliphatic heterocycles. The van der Waals surface area contributed by atoms with Crippen LogP contribution in [0.25, 0.3) is 11.4 Å². The molecule has 4 heterocycles. The van der Waals surface area contributed by atoms with Crippen molar-refractivity contribution in [1.29, 1.82) is 0 Å². The molecule has 0 saturated carbocycles. The van der Waals surface area contributed by atoms with E-state index in [1.807, 2.05) is 45.5 Å². The van der Waals surface area contributed by atoms with Gasteiger partial charge in [-0.25, -0.2) is 19.9 Å². The standard InChI is InChI=1S/2C27H29ClN6O/c2*1-4-33(2)26-21-12-8-11-20(18-9-6-5-7-10-18)25(21)31-27(32-26)30-19-13-14-22(23(15-19)35-3)34-16-24(28)29-17-34/h2*5-7,9-10,13-17,20H,4,8,11-12H2,1-3H3,(H,30,31,32)/t2*20-/m10/s1. The molecule has 2 aliphatic carbocycles. The Labute approximate surface area is 419 Å². The summed E-state index contributed by atoms with van der Waals surface area (Å²) in [5.41, 5.74) is 10.7. The van der Waals surface area contributed by atoms with E-state index >= 15 is 0 Å². The van der Waals surface area contributed by atoms with E-state index in [1.165, 1.54) is 22.3 Å². The monoisotopic (exact) mass is 976 g/mol. The minimum Gasteiger partial charge on any atom is -0.494 e. The van der Waals surface area contributed by atoms with Crippen molar-refractivity contribution >= 4 is 58.1 Å². The third kappa shape index (κ3) is 10.4. The number of benzene rings is 4. The first-order valence-electron chi connectivity index (χ1n) is 23.8. The molecule has 0 radical (unpaired) electrons. The number of aromatic nitrogens is 8. The maximum atomic E-state index is 6.01. The fourth-order valence-corrected chi connectivity index (χ4v) is 9.69. The van der Waals surface area contributed by atoms with Crippen LogP contribution >= 0.6 is 23.2 Å². The topological polar surface area (TPSA) is 136 Å². The van der Waals surface area contributed by atoms with Gasteiger partial charge in [0.2, 0.25) is 11.9 Å². The minimum atomic E-state index is 0.260. The summed E-state index contributed by atoms with van der Waals surface area (Å²) in [5, 5.41) is 7.70. The number of rotatable bonds is 14. The summed E-state index contributed by atoms with van der Waals surface area (Å²) in [6.45, 7) is 6.03. The SMILES string of the molecule is CCN(C)c1nc(Nc2ccc(-n3cnc(Cl)c3)c(OC)c2)nc2c1CCC[C@@H]2c1ccccc1.CCN(C)c1nc(Nc2ccc(-n3cnc(Cl)c3)c(OC)c2)nc2c1CCC[C@H]2c1ccccc1. The number of fused-ring (bicyclic) bond motifs is 2. The van der Waals surface area contributed by atoms with E-state index in [0.717, 1.165) is 97.4 Å². The Kier molecular flexibility index (Phi) is 14.8. The molecule has 4 aromatic carbocycles. The van der Waals surface area contributed by atoms with Crippen LogP contribution in [-0.4, -0.2) is 80.4 Å². The van der Waals surface area contributed by atoms with Gasteiger partial charge in [-0.2, -0.15) is 9.97 Å². The Morgan fingerprint density at radius 1 is 0.586 bits per heavy atom. The Morgan fingerprint density at radius 3 is 1.36 bits per heavy atom. The third-order valence-corrected chi connectivity index (χ3v) is 13.5. The molecule has 0 spiro atoms. The first kappa shape index (κ1) is 47.9. The highest BCUT2D eigenvalue weighted by atomic mass is 35.5. The fourth-order valence-electron chi connectivity index (χ4n) is 9.39. The third-order valence-electron chi connectivity index (χ3n) is 13.1. The quantitative estimate of drug-likeness (QED) is 0.107. The van der Waals surface area contributed by atoms with Crippen LogP contribution in [0.4, 0.5) is 34.9 Å². The van der Waals surface area contributed by atoms with Gasteiger partial charge in [0.25, 0.3) is 0 Å². The summed E-state index contributed by atoms with van der Waals surface area (Å²) in [4.78, 5) is 32.6. The second-order valence-electron chi connectivity index (χ2n) is 17.4. The fraction of sp³-hybridized carbons (Fsp3) is 0.296. The van der Waals surface area contributed by atoms with Gasteiger partial charge in [0.1, 0.15) is 46.1 Å². The molecule has 4 aromatic heterocycles. The summed E-state index contributed by atoms with van der Waals surface area (Å²) >= 11 is 12.0. The first-order chi connectivity index (χ1) is 34.1. The Bertz CT molecular complexity index is 2850. The highest BCUT2D eigenvalue weighted by Crippen LogP contribution is 2.42. The van der Waals surface area contributed by atoms with Crippen molar-refractivity contribution < 1.29 is 9.47 Å². The van der Waals surface area contributed by atoms with Crippen LogP contribution in [0, 0.1) is 0 Å². The zero-order chi connectivity index (χ0) is 48.7. The van der Waals surface area contributed by atoms with E-state index in [4.69, 9.17) is 52.6 Å². The number of nitrogens with zero attached hydrogens (tertiary/aromatic N) is 10. The van der Waals surface area contributed by atoms with Crippen molar-refractivity contribution in [2.75, 3.05) is 61.8 Å². The molecule has 0 saturated heterocycles. The average molecular weight is 978 g/mol. The molecule has 2 atom stereocenters. The van der Waals surface area contributed by atoms with Gasteiger partial charge >= 0.3 is 0 Å². The summed E-state index contributed by atoms with van der Waals surface area (Å²) in [5.74, 6) is 5.07. The second-order valence-corrected chi connectivity index (χ2v) is 18.2. The van der Waals surface area contributed by atoms with Crippen molar-refractivity contribution in [3.63, 3.8) is 0 Å². The summed E-state index contributed by atoms with van der Waals surface area (Å²) in [6.07, 6.45) is 13.2. The maximum Gasteiger partial charge on any atom is 0.229 e. The predicted octanol–water partition coefficient (Wildman–Crippen LogP) is 12.0. The van der Waals surface area contributed by atoms with Crippen LogP contribution < -0.4 is 29.9 Å². The van der Waals surface area contributed by atoms with E-state index in [2.05, 4.69) is 119 Å². The van der Waals surface area contributed by atoms with Crippen molar-refractivity contribution in [3.05, 3.63) is 166 Å². The lowest BCUT2D eigenvalue weighted by Crippen LogP contribution is -2.24. The zero-order valence-electron chi connectivity index (χ0n) is 40.4. The van der Waals surface area contributed by atoms with E-state index in [-0.39, 0.29) is 11.8 Å². The van der Waals surface area contributed by atoms with Gasteiger partial charge in [0, 0.05) is 86.0 Å². The highest BCUT2D eigenvalue weighted by Gasteiger charge is 2.30. The van der Waals surface area contributed by atoms with Gasteiger partial charge in [0.15, 0.2) is 0 Å². The molecular weight excluding hydrogens is 920 g/mol. The summed E-state index contributed by atoms with van der Waals surface area (Å²) in [6, 6.07) is 33.1. The van der Waals surface area contributed by atoms with Crippen LogP contribution in [0.5, 0.6) is 11.5 Å². The highest BCUT2D eigenvalue weighted by molar-refractivity contribution is 6.29. The number of hydrogen-bond acceptors (Lipinski definition) is 12. The van der Waals surface area contributed by atoms with Gasteiger partial charge < -0.3 is 39.0 Å². The molecule has 2 aliphatic rings. The van der Waals surface area contributed by atoms with Crippen molar-refractivity contribution in [2.45, 2.75) is 64.2 Å². The van der Waals surface area contributed by atoms with E-state index in [1.54, 1.807) is 39.3 Å². The lowest BCUT2D eigenvalue weighted by molar-refractivity contribution is 0.413. The number of ether oxygens (including phenoxy) is 2. The van der Waals surface area contributed by atoms with E-state index in [0.29, 0.717) is 33.7 Å². The molecule has 8 aromatic rings. The lowest BCUT2D eigenvalue weighted by Gasteiger charge is -2.29. The maximum absolute atomic E-state index is 6.01. The summed E-state index contributed by atoms with van der Waals surface area (Å²) < 4.78 is 15.0. The number of halogens is 2. The average Bonchev–Trinajstić information content (AvgIpc) is 4.05. The molecule has 14 nitrogen and oxygen atoms in total. The van der Waals surface area contributed by atoms with E-state index < -0.39 is 0 Å². The van der Waals surface area contributed by atoms with Crippen LogP contribution in [-0.2, 0) is 12.8 Å². The Hall–Kier alpha value is -7.16.